The van der Waals surface area contributed by atoms with Crippen molar-refractivity contribution in [2.24, 2.45) is 0 Å². The largest absolute Gasteiger partial charge is 0.384 e. The van der Waals surface area contributed by atoms with Gasteiger partial charge in [-0.05, 0) is 71.8 Å². The van der Waals surface area contributed by atoms with Crippen LogP contribution >= 0.6 is 23.2 Å². The molecule has 5 aromatic rings. The first-order valence-corrected chi connectivity index (χ1v) is 13.6. The topological polar surface area (TPSA) is 92.5 Å². The summed E-state index contributed by atoms with van der Waals surface area (Å²) >= 11 is 12.5. The van der Waals surface area contributed by atoms with Crippen molar-refractivity contribution < 1.29 is 0 Å². The Balaban J connectivity index is 1.24. The van der Waals surface area contributed by atoms with Crippen LogP contribution in [0.15, 0.2) is 78.9 Å². The number of nitrogens with two attached hydrogens (primary N) is 1. The highest BCUT2D eigenvalue weighted by Crippen LogP contribution is 2.42. The van der Waals surface area contributed by atoms with Crippen molar-refractivity contribution in [3.8, 4) is 0 Å². The van der Waals surface area contributed by atoms with E-state index in [4.69, 9.17) is 28.9 Å². The van der Waals surface area contributed by atoms with E-state index < -0.39 is 0 Å². The maximum atomic E-state index is 6.36. The zero-order valence-electron chi connectivity index (χ0n) is 20.7. The first kappa shape index (κ1) is 24.9. The first-order chi connectivity index (χ1) is 18.6. The third-order valence-corrected chi connectivity index (χ3v) is 8.32. The van der Waals surface area contributed by atoms with Gasteiger partial charge in [-0.1, -0.05) is 83.9 Å². The predicted octanol–water partition coefficient (Wildman–Crippen LogP) is 7.02. The molecule has 8 heteroatoms. The molecule has 1 aliphatic carbocycles. The number of nitrogens with zero attached hydrogens (tertiary/aromatic N) is 3. The fraction of sp³-hybridized carbons (Fsp3) is 0.233. The molecule has 3 unspecified atom stereocenters. The van der Waals surface area contributed by atoms with Crippen LogP contribution in [0.25, 0.3) is 11.2 Å². The molecule has 4 N–H and O–H groups in total. The van der Waals surface area contributed by atoms with E-state index in [9.17, 15) is 0 Å². The average molecular weight is 544 g/mol. The Labute approximate surface area is 231 Å². The number of rotatable bonds is 7. The molecule has 0 fully saturated rings. The fourth-order valence-electron chi connectivity index (χ4n) is 5.81. The van der Waals surface area contributed by atoms with E-state index in [0.717, 1.165) is 36.9 Å². The van der Waals surface area contributed by atoms with E-state index in [1.165, 1.54) is 22.3 Å². The monoisotopic (exact) mass is 542 g/mol. The van der Waals surface area contributed by atoms with Crippen LogP contribution in [0, 0.1) is 0 Å². The molecule has 0 saturated heterocycles. The highest BCUT2D eigenvalue weighted by Gasteiger charge is 2.28. The lowest BCUT2D eigenvalue weighted by atomic mass is 9.76. The summed E-state index contributed by atoms with van der Waals surface area (Å²) in [6, 6.07) is 27.4. The number of hydrogen-bond acceptors (Lipinski definition) is 5. The molecule has 3 aromatic carbocycles. The van der Waals surface area contributed by atoms with Gasteiger partial charge in [0.2, 0.25) is 5.65 Å². The molecule has 0 aliphatic heterocycles. The summed E-state index contributed by atoms with van der Waals surface area (Å²) in [5, 5.41) is 16.3. The second-order valence-corrected chi connectivity index (χ2v) is 10.6. The van der Waals surface area contributed by atoms with E-state index in [1.807, 2.05) is 24.3 Å². The minimum absolute atomic E-state index is 0.101. The number of hydrogen-bond donors (Lipinski definition) is 3. The van der Waals surface area contributed by atoms with Gasteiger partial charge in [-0.25, -0.2) is 4.98 Å². The highest BCUT2D eigenvalue weighted by atomic mass is 35.5. The van der Waals surface area contributed by atoms with Gasteiger partial charge in [0.05, 0.1) is 10.0 Å². The van der Waals surface area contributed by atoms with Crippen molar-refractivity contribution in [1.82, 2.24) is 25.7 Å². The molecule has 192 valence electrons. The van der Waals surface area contributed by atoms with Crippen LogP contribution in [0.2, 0.25) is 10.0 Å². The summed E-state index contributed by atoms with van der Waals surface area (Å²) in [4.78, 5) is 4.34. The highest BCUT2D eigenvalue weighted by molar-refractivity contribution is 6.42. The van der Waals surface area contributed by atoms with Crippen molar-refractivity contribution in [2.45, 2.75) is 37.1 Å². The lowest BCUT2D eigenvalue weighted by molar-refractivity contribution is 0.433. The Bertz CT molecular complexity index is 1570. The number of anilines is 1. The summed E-state index contributed by atoms with van der Waals surface area (Å²) in [7, 11) is 0. The second kappa shape index (κ2) is 10.7. The van der Waals surface area contributed by atoms with Crippen LogP contribution in [0.1, 0.15) is 65.0 Å². The number of aromatic nitrogens is 4. The lowest BCUT2D eigenvalue weighted by Crippen LogP contribution is -2.28. The standard InChI is InChI=1S/C30H28Cl2N6/c31-25-12-10-19(16-26(25)32)20-11-13-27(23-9-5-4-8-22(20)23)34-15-14-21(18-6-2-1-3-7-18)24-17-28(33)35-30-29(24)36-38-37-30/h1-10,12,16-17,20-21,27,34H,11,13-15H2,(H3,33,35,36,37,38). The smallest absolute Gasteiger partial charge is 0.203 e. The van der Waals surface area contributed by atoms with Gasteiger partial charge in [-0.15, -0.1) is 5.10 Å². The first-order valence-electron chi connectivity index (χ1n) is 12.9. The van der Waals surface area contributed by atoms with E-state index >= 15 is 0 Å². The van der Waals surface area contributed by atoms with Crippen molar-refractivity contribution in [3.05, 3.63) is 117 Å². The molecular formula is C30H28Cl2N6. The van der Waals surface area contributed by atoms with Crippen LogP contribution in [-0.4, -0.2) is 26.9 Å². The van der Waals surface area contributed by atoms with Gasteiger partial charge in [0.1, 0.15) is 11.3 Å². The lowest BCUT2D eigenvalue weighted by Gasteiger charge is -2.33. The van der Waals surface area contributed by atoms with Gasteiger partial charge in [-0.2, -0.15) is 10.3 Å². The minimum Gasteiger partial charge on any atom is -0.384 e. The van der Waals surface area contributed by atoms with E-state index in [0.29, 0.717) is 27.4 Å². The number of benzene rings is 3. The molecular weight excluding hydrogens is 515 g/mol. The van der Waals surface area contributed by atoms with Crippen molar-refractivity contribution in [3.63, 3.8) is 0 Å². The van der Waals surface area contributed by atoms with Crippen LogP contribution in [0.3, 0.4) is 0 Å². The number of nitrogen functional groups attached to an aromatic ring is 1. The molecule has 0 radical (unpaired) electrons. The third-order valence-electron chi connectivity index (χ3n) is 7.58. The van der Waals surface area contributed by atoms with Gasteiger partial charge >= 0.3 is 0 Å². The Kier molecular flexibility index (Phi) is 7.02. The second-order valence-electron chi connectivity index (χ2n) is 9.82. The number of pyridine rings is 1. The minimum atomic E-state index is 0.101. The van der Waals surface area contributed by atoms with Gasteiger partial charge in [0.15, 0.2) is 0 Å². The maximum Gasteiger partial charge on any atom is 0.203 e. The maximum absolute atomic E-state index is 6.36. The number of halogens is 2. The molecule has 1 aliphatic rings. The number of H-pyrrole nitrogens is 1. The van der Waals surface area contributed by atoms with Crippen molar-refractivity contribution >= 4 is 40.2 Å². The van der Waals surface area contributed by atoms with E-state index in [1.54, 1.807) is 0 Å². The fourth-order valence-corrected chi connectivity index (χ4v) is 6.12. The normalized spacial score (nSPS) is 17.8. The number of nitrogens with one attached hydrogen (secondary N) is 2. The van der Waals surface area contributed by atoms with Crippen LogP contribution in [0.4, 0.5) is 5.82 Å². The summed E-state index contributed by atoms with van der Waals surface area (Å²) in [6.07, 6.45) is 2.95. The number of fused-ring (bicyclic) bond motifs is 2. The quantitative estimate of drug-likeness (QED) is 0.205. The number of aromatic amines is 1. The van der Waals surface area contributed by atoms with Crippen molar-refractivity contribution in [1.29, 1.82) is 0 Å². The molecule has 0 bridgehead atoms. The molecule has 0 saturated carbocycles. The predicted molar refractivity (Wildman–Crippen MR) is 154 cm³/mol. The molecule has 0 amide bonds. The Morgan fingerprint density at radius 3 is 2.50 bits per heavy atom. The zero-order chi connectivity index (χ0) is 26.1. The van der Waals surface area contributed by atoms with Gasteiger partial charge in [-0.3, -0.25) is 0 Å². The molecule has 6 nitrogen and oxygen atoms in total. The van der Waals surface area contributed by atoms with Gasteiger partial charge in [0, 0.05) is 17.9 Å². The van der Waals surface area contributed by atoms with Crippen molar-refractivity contribution in [2.75, 3.05) is 12.3 Å². The van der Waals surface area contributed by atoms with Crippen LogP contribution in [0.5, 0.6) is 0 Å². The van der Waals surface area contributed by atoms with Gasteiger partial charge < -0.3 is 11.1 Å². The van der Waals surface area contributed by atoms with E-state index in [2.05, 4.69) is 80.3 Å². The Hall–Kier alpha value is -3.45. The molecule has 3 atom stereocenters. The molecule has 2 aromatic heterocycles. The Morgan fingerprint density at radius 1 is 0.895 bits per heavy atom. The average Bonchev–Trinajstić information content (AvgIpc) is 3.41. The third kappa shape index (κ3) is 4.87. The molecule has 38 heavy (non-hydrogen) atoms. The van der Waals surface area contributed by atoms with Crippen LogP contribution in [-0.2, 0) is 0 Å². The summed E-state index contributed by atoms with van der Waals surface area (Å²) < 4.78 is 0. The van der Waals surface area contributed by atoms with E-state index in [-0.39, 0.29) is 12.0 Å². The molecule has 0 spiro atoms. The summed E-state index contributed by atoms with van der Waals surface area (Å²) in [5.41, 5.74) is 13.6. The van der Waals surface area contributed by atoms with Gasteiger partial charge in [0.25, 0.3) is 0 Å². The molecule has 6 rings (SSSR count). The summed E-state index contributed by atoms with van der Waals surface area (Å²) in [6.45, 7) is 0.831. The summed E-state index contributed by atoms with van der Waals surface area (Å²) in [5.74, 6) is 0.852. The Morgan fingerprint density at radius 2 is 1.68 bits per heavy atom. The SMILES string of the molecule is Nc1cc(C(CCNC2CCC(c3ccc(Cl)c(Cl)c3)c3ccccc32)c2ccccc2)c2n[nH]nc2n1. The molecule has 2 heterocycles. The van der Waals surface area contributed by atoms with Crippen LogP contribution < -0.4 is 11.1 Å². The zero-order valence-corrected chi connectivity index (χ0v) is 22.3.